The Morgan fingerprint density at radius 2 is 2.17 bits per heavy atom. The number of esters is 1. The number of nitrogens with one attached hydrogen (secondary N) is 1. The molecule has 1 aliphatic heterocycles. The molecule has 2 aromatic rings. The minimum atomic E-state index is -0.793. The highest BCUT2D eigenvalue weighted by atomic mass is 16.5. The number of rotatable bonds is 5. The quantitative estimate of drug-likeness (QED) is 0.819. The van der Waals surface area contributed by atoms with Gasteiger partial charge < -0.3 is 14.8 Å². The molecule has 3 rings (SSSR count). The number of fused-ring (bicyclic) bond motifs is 1. The summed E-state index contributed by atoms with van der Waals surface area (Å²) in [6.07, 6.45) is 2.50. The van der Waals surface area contributed by atoms with Gasteiger partial charge in [0.25, 0.3) is 0 Å². The summed E-state index contributed by atoms with van der Waals surface area (Å²) in [5.74, 6) is -0.922. The zero-order valence-corrected chi connectivity index (χ0v) is 13.4. The Balaban J connectivity index is 1.75. The summed E-state index contributed by atoms with van der Waals surface area (Å²) in [4.78, 5) is 33.1. The molecule has 1 amide bonds. The van der Waals surface area contributed by atoms with E-state index < -0.39 is 12.0 Å². The van der Waals surface area contributed by atoms with Gasteiger partial charge in [0.05, 0.1) is 36.4 Å². The van der Waals surface area contributed by atoms with Gasteiger partial charge in [0.15, 0.2) is 0 Å². The Bertz CT molecular complexity index is 743. The molecular formula is C17H19N3O4. The molecule has 2 heterocycles. The van der Waals surface area contributed by atoms with E-state index in [0.717, 1.165) is 11.0 Å². The Kier molecular flexibility index (Phi) is 5.00. The van der Waals surface area contributed by atoms with Crippen LogP contribution in [0.25, 0.3) is 11.0 Å². The van der Waals surface area contributed by atoms with Gasteiger partial charge in [-0.3, -0.25) is 9.78 Å². The monoisotopic (exact) mass is 329 g/mol. The maximum absolute atomic E-state index is 12.2. The molecule has 126 valence electrons. The largest absolute Gasteiger partial charge is 0.467 e. The van der Waals surface area contributed by atoms with Gasteiger partial charge in [0.2, 0.25) is 5.91 Å². The van der Waals surface area contributed by atoms with Crippen LogP contribution in [0.2, 0.25) is 0 Å². The minimum absolute atomic E-state index is 0.198. The summed E-state index contributed by atoms with van der Waals surface area (Å²) in [6.45, 7) is 0.951. The third kappa shape index (κ3) is 3.68. The Hall–Kier alpha value is -2.54. The molecule has 1 saturated heterocycles. The molecule has 0 unspecified atom stereocenters. The first kappa shape index (κ1) is 16.3. The predicted molar refractivity (Wildman–Crippen MR) is 86.1 cm³/mol. The second-order valence-electron chi connectivity index (χ2n) is 5.70. The SMILES string of the molecule is COC(=O)[C@@H](Cc1cnc2ccccc2n1)NC(=O)[C@@H]1CCOC1. The third-order valence-corrected chi connectivity index (χ3v) is 4.01. The molecule has 0 saturated carbocycles. The van der Waals surface area contributed by atoms with Gasteiger partial charge in [-0.15, -0.1) is 0 Å². The summed E-state index contributed by atoms with van der Waals surface area (Å²) in [6, 6.07) is 6.69. The number of aromatic nitrogens is 2. The van der Waals surface area contributed by atoms with Gasteiger partial charge in [-0.25, -0.2) is 9.78 Å². The fourth-order valence-electron chi connectivity index (χ4n) is 2.67. The van der Waals surface area contributed by atoms with E-state index in [2.05, 4.69) is 15.3 Å². The minimum Gasteiger partial charge on any atom is -0.467 e. The number of carbonyl (C=O) groups is 2. The number of para-hydroxylation sites is 2. The van der Waals surface area contributed by atoms with Crippen LogP contribution in [-0.2, 0) is 25.5 Å². The molecule has 1 fully saturated rings. The van der Waals surface area contributed by atoms with Crippen molar-refractivity contribution in [3.8, 4) is 0 Å². The smallest absolute Gasteiger partial charge is 0.328 e. The van der Waals surface area contributed by atoms with Crippen molar-refractivity contribution in [1.82, 2.24) is 15.3 Å². The van der Waals surface area contributed by atoms with Crippen molar-refractivity contribution in [2.45, 2.75) is 18.9 Å². The summed E-state index contributed by atoms with van der Waals surface area (Å²) < 4.78 is 10.0. The number of benzene rings is 1. The zero-order valence-electron chi connectivity index (χ0n) is 13.4. The fraction of sp³-hybridized carbons (Fsp3) is 0.412. The van der Waals surface area contributed by atoms with Crippen molar-refractivity contribution in [3.05, 3.63) is 36.2 Å². The highest BCUT2D eigenvalue weighted by molar-refractivity contribution is 5.86. The summed E-state index contributed by atoms with van der Waals surface area (Å²) in [7, 11) is 1.30. The van der Waals surface area contributed by atoms with Crippen LogP contribution in [0.4, 0.5) is 0 Å². The summed E-state index contributed by atoms with van der Waals surface area (Å²) >= 11 is 0. The first-order valence-corrected chi connectivity index (χ1v) is 7.84. The second kappa shape index (κ2) is 7.35. The van der Waals surface area contributed by atoms with Gasteiger partial charge in [-0.2, -0.15) is 0 Å². The van der Waals surface area contributed by atoms with E-state index in [0.29, 0.717) is 25.3 Å². The standard InChI is InChI=1S/C17H19N3O4/c1-23-17(22)15(20-16(21)11-6-7-24-10-11)8-12-9-18-13-4-2-3-5-14(13)19-12/h2-5,9,11,15H,6-8,10H2,1H3,(H,20,21)/t11-,15-/m1/s1. The van der Waals surface area contributed by atoms with E-state index in [9.17, 15) is 9.59 Å². The molecule has 1 aromatic heterocycles. The highest BCUT2D eigenvalue weighted by Gasteiger charge is 2.29. The lowest BCUT2D eigenvalue weighted by Crippen LogP contribution is -2.45. The maximum Gasteiger partial charge on any atom is 0.328 e. The van der Waals surface area contributed by atoms with Gasteiger partial charge in [-0.05, 0) is 18.6 Å². The molecule has 2 atom stereocenters. The molecule has 0 aliphatic carbocycles. The van der Waals surface area contributed by atoms with Crippen LogP contribution in [0.15, 0.2) is 30.5 Å². The Morgan fingerprint density at radius 1 is 1.38 bits per heavy atom. The highest BCUT2D eigenvalue weighted by Crippen LogP contribution is 2.14. The zero-order chi connectivity index (χ0) is 16.9. The van der Waals surface area contributed by atoms with Crippen LogP contribution in [0.3, 0.4) is 0 Å². The van der Waals surface area contributed by atoms with Crippen LogP contribution < -0.4 is 5.32 Å². The molecule has 0 spiro atoms. The van der Waals surface area contributed by atoms with E-state index >= 15 is 0 Å². The molecule has 0 radical (unpaired) electrons. The lowest BCUT2D eigenvalue weighted by molar-refractivity contribution is -0.145. The molecule has 1 aromatic carbocycles. The van der Waals surface area contributed by atoms with Crippen molar-refractivity contribution in [2.75, 3.05) is 20.3 Å². The second-order valence-corrected chi connectivity index (χ2v) is 5.70. The van der Waals surface area contributed by atoms with Crippen LogP contribution in [0.5, 0.6) is 0 Å². The molecule has 7 nitrogen and oxygen atoms in total. The lowest BCUT2D eigenvalue weighted by Gasteiger charge is -2.18. The van der Waals surface area contributed by atoms with Crippen molar-refractivity contribution in [1.29, 1.82) is 0 Å². The summed E-state index contributed by atoms with van der Waals surface area (Å²) in [5.41, 5.74) is 2.14. The fourth-order valence-corrected chi connectivity index (χ4v) is 2.67. The number of carbonyl (C=O) groups excluding carboxylic acids is 2. The van der Waals surface area contributed by atoms with Crippen molar-refractivity contribution in [2.24, 2.45) is 5.92 Å². The van der Waals surface area contributed by atoms with E-state index in [1.807, 2.05) is 24.3 Å². The number of hydrogen-bond donors (Lipinski definition) is 1. The van der Waals surface area contributed by atoms with E-state index in [1.54, 1.807) is 6.20 Å². The van der Waals surface area contributed by atoms with Crippen molar-refractivity contribution < 1.29 is 19.1 Å². The van der Waals surface area contributed by atoms with Gasteiger partial charge in [-0.1, -0.05) is 12.1 Å². The summed E-state index contributed by atoms with van der Waals surface area (Å²) in [5, 5.41) is 2.74. The molecule has 1 N–H and O–H groups in total. The van der Waals surface area contributed by atoms with Crippen molar-refractivity contribution in [3.63, 3.8) is 0 Å². The van der Waals surface area contributed by atoms with E-state index in [1.165, 1.54) is 7.11 Å². The van der Waals surface area contributed by atoms with Crippen LogP contribution in [0, 0.1) is 5.92 Å². The first-order valence-electron chi connectivity index (χ1n) is 7.84. The molecule has 1 aliphatic rings. The molecule has 7 heteroatoms. The van der Waals surface area contributed by atoms with Gasteiger partial charge >= 0.3 is 5.97 Å². The Morgan fingerprint density at radius 3 is 2.88 bits per heavy atom. The number of nitrogens with zero attached hydrogens (tertiary/aromatic N) is 2. The maximum atomic E-state index is 12.2. The molecule has 24 heavy (non-hydrogen) atoms. The Labute approximate surface area is 139 Å². The third-order valence-electron chi connectivity index (χ3n) is 4.01. The first-order chi connectivity index (χ1) is 11.7. The van der Waals surface area contributed by atoms with Gasteiger partial charge in [0.1, 0.15) is 6.04 Å². The number of ether oxygens (including phenoxy) is 2. The van der Waals surface area contributed by atoms with Crippen LogP contribution in [-0.4, -0.2) is 48.2 Å². The normalized spacial score (nSPS) is 18.3. The van der Waals surface area contributed by atoms with E-state index in [-0.39, 0.29) is 18.2 Å². The number of methoxy groups -OCH3 is 1. The topological polar surface area (TPSA) is 90.4 Å². The average molecular weight is 329 g/mol. The van der Waals surface area contributed by atoms with Gasteiger partial charge in [0, 0.05) is 19.2 Å². The number of amides is 1. The predicted octanol–water partition coefficient (Wildman–Crippen LogP) is 0.867. The molecular weight excluding hydrogens is 310 g/mol. The van der Waals surface area contributed by atoms with E-state index in [4.69, 9.17) is 9.47 Å². The van der Waals surface area contributed by atoms with Crippen molar-refractivity contribution >= 4 is 22.9 Å². The number of hydrogen-bond acceptors (Lipinski definition) is 6. The lowest BCUT2D eigenvalue weighted by atomic mass is 10.1. The average Bonchev–Trinajstić information content (AvgIpc) is 3.15. The van der Waals surface area contributed by atoms with Crippen LogP contribution >= 0.6 is 0 Å². The van der Waals surface area contributed by atoms with Crippen LogP contribution in [0.1, 0.15) is 12.1 Å². The molecule has 0 bridgehead atoms.